The second-order valence-corrected chi connectivity index (χ2v) is 11.5. The maximum Gasteiger partial charge on any atom is 0.249 e. The van der Waals surface area contributed by atoms with Gasteiger partial charge in [-0.15, -0.1) is 0 Å². The van der Waals surface area contributed by atoms with Crippen molar-refractivity contribution in [2.24, 2.45) is 0 Å². The second kappa shape index (κ2) is 30.7. The first-order valence-electron chi connectivity index (χ1n) is 17.0. The first-order chi connectivity index (χ1) is 20.5. The molecule has 5 N–H and O–H groups in total. The third-order valence-electron chi connectivity index (χ3n) is 7.52. The van der Waals surface area contributed by atoms with Crippen molar-refractivity contribution in [3.63, 3.8) is 0 Å². The summed E-state index contributed by atoms with van der Waals surface area (Å²) in [4.78, 5) is 12.4. The number of carbonyl (C=O) groups is 1. The summed E-state index contributed by atoms with van der Waals surface area (Å²) in [5.41, 5.74) is 0. The van der Waals surface area contributed by atoms with E-state index in [1.54, 1.807) is 0 Å². The summed E-state index contributed by atoms with van der Waals surface area (Å²) in [6.45, 7) is 3.92. The van der Waals surface area contributed by atoms with Crippen LogP contribution in [0.15, 0.2) is 48.6 Å². The van der Waals surface area contributed by atoms with Gasteiger partial charge in [0.2, 0.25) is 5.91 Å². The number of hydrogen-bond acceptors (Lipinski definition) is 5. The summed E-state index contributed by atoms with van der Waals surface area (Å²) in [5, 5.41) is 43.2. The van der Waals surface area contributed by atoms with E-state index >= 15 is 0 Å². The molecule has 4 atom stereocenters. The van der Waals surface area contributed by atoms with Crippen LogP contribution in [0.5, 0.6) is 0 Å². The summed E-state index contributed by atoms with van der Waals surface area (Å²) in [7, 11) is 0. The minimum absolute atomic E-state index is 0.340. The van der Waals surface area contributed by atoms with Crippen molar-refractivity contribution in [3.8, 4) is 0 Å². The Balaban J connectivity index is 3.98. The van der Waals surface area contributed by atoms with Crippen LogP contribution in [-0.2, 0) is 4.79 Å². The number of allylic oxidation sites excluding steroid dienone is 8. The Morgan fingerprint density at radius 1 is 0.595 bits per heavy atom. The van der Waals surface area contributed by atoms with E-state index in [9.17, 15) is 25.2 Å². The molecule has 0 aliphatic carbocycles. The molecule has 1 amide bonds. The lowest BCUT2D eigenvalue weighted by Gasteiger charge is -2.27. The van der Waals surface area contributed by atoms with Crippen LogP contribution in [0.3, 0.4) is 0 Å². The van der Waals surface area contributed by atoms with Gasteiger partial charge in [0.1, 0.15) is 12.2 Å². The highest BCUT2D eigenvalue weighted by atomic mass is 16.3. The van der Waals surface area contributed by atoms with Crippen molar-refractivity contribution >= 4 is 5.91 Å². The first kappa shape index (κ1) is 40.3. The molecule has 4 unspecified atom stereocenters. The fraction of sp³-hybridized carbons (Fsp3) is 0.750. The molecule has 0 bridgehead atoms. The zero-order valence-electron chi connectivity index (χ0n) is 27.0. The summed E-state index contributed by atoms with van der Waals surface area (Å²) >= 11 is 0. The summed E-state index contributed by atoms with van der Waals surface area (Å²) < 4.78 is 0. The minimum atomic E-state index is -1.29. The predicted octanol–water partition coefficient (Wildman–Crippen LogP) is 7.61. The van der Waals surface area contributed by atoms with Crippen LogP contribution in [0, 0.1) is 0 Å². The third kappa shape index (κ3) is 24.8. The molecule has 0 spiro atoms. The smallest absolute Gasteiger partial charge is 0.249 e. The van der Waals surface area contributed by atoms with E-state index in [2.05, 4.69) is 67.8 Å². The molecule has 0 aromatic carbocycles. The van der Waals surface area contributed by atoms with Gasteiger partial charge in [0, 0.05) is 0 Å². The van der Waals surface area contributed by atoms with E-state index in [1.165, 1.54) is 38.5 Å². The molecule has 0 aliphatic heterocycles. The van der Waals surface area contributed by atoms with Crippen molar-refractivity contribution in [2.45, 2.75) is 167 Å². The fourth-order valence-corrected chi connectivity index (χ4v) is 4.70. The van der Waals surface area contributed by atoms with E-state index in [-0.39, 0.29) is 0 Å². The maximum absolute atomic E-state index is 12.4. The molecule has 0 aromatic rings. The van der Waals surface area contributed by atoms with Gasteiger partial charge in [0.05, 0.1) is 18.8 Å². The van der Waals surface area contributed by atoms with Crippen LogP contribution >= 0.6 is 0 Å². The van der Waals surface area contributed by atoms with Gasteiger partial charge in [-0.25, -0.2) is 0 Å². The number of aliphatic hydroxyl groups is 4. The highest BCUT2D eigenvalue weighted by Gasteiger charge is 2.28. The highest BCUT2D eigenvalue weighted by Crippen LogP contribution is 2.12. The SMILES string of the molecule is CCCCC/C=C\C=C/CCCCCCCC(O)C(=O)NC(CO)C(O)C(O)CCC/C=C/CC/C=C/CCCCC. The predicted molar refractivity (Wildman–Crippen MR) is 177 cm³/mol. The molecular formula is C36H65NO5. The zero-order valence-corrected chi connectivity index (χ0v) is 27.0. The van der Waals surface area contributed by atoms with Gasteiger partial charge in [-0.05, 0) is 77.0 Å². The molecule has 42 heavy (non-hydrogen) atoms. The van der Waals surface area contributed by atoms with Crippen LogP contribution < -0.4 is 5.32 Å². The normalized spacial score (nSPS) is 15.3. The Hall–Kier alpha value is -1.73. The van der Waals surface area contributed by atoms with Crippen molar-refractivity contribution < 1.29 is 25.2 Å². The zero-order chi connectivity index (χ0) is 31.1. The Morgan fingerprint density at radius 3 is 1.64 bits per heavy atom. The maximum atomic E-state index is 12.4. The van der Waals surface area contributed by atoms with Crippen molar-refractivity contribution in [1.82, 2.24) is 5.32 Å². The number of hydrogen-bond donors (Lipinski definition) is 5. The average Bonchev–Trinajstić information content (AvgIpc) is 2.99. The Morgan fingerprint density at radius 2 is 1.07 bits per heavy atom. The minimum Gasteiger partial charge on any atom is -0.394 e. The summed E-state index contributed by atoms with van der Waals surface area (Å²) in [6, 6.07) is -1.01. The molecule has 6 heteroatoms. The Labute approximate surface area is 258 Å². The number of carbonyl (C=O) groups excluding carboxylic acids is 1. The van der Waals surface area contributed by atoms with Crippen LogP contribution in [0.1, 0.15) is 142 Å². The highest BCUT2D eigenvalue weighted by molar-refractivity contribution is 5.80. The van der Waals surface area contributed by atoms with E-state index in [1.807, 2.05) is 0 Å². The van der Waals surface area contributed by atoms with Gasteiger partial charge in [-0.3, -0.25) is 4.79 Å². The van der Waals surface area contributed by atoms with Crippen molar-refractivity contribution in [3.05, 3.63) is 48.6 Å². The molecular weight excluding hydrogens is 526 g/mol. The lowest BCUT2D eigenvalue weighted by Crippen LogP contribution is -2.53. The molecule has 0 fully saturated rings. The van der Waals surface area contributed by atoms with E-state index in [0.717, 1.165) is 70.6 Å². The largest absolute Gasteiger partial charge is 0.394 e. The van der Waals surface area contributed by atoms with Gasteiger partial charge in [-0.2, -0.15) is 0 Å². The standard InChI is InChI=1S/C36H65NO5/c1-3-5-7-9-11-13-15-17-18-20-22-24-26-28-30-34(40)36(42)37-32(31-38)35(41)33(39)29-27-25-23-21-19-16-14-12-10-8-6-4-2/h11-15,17,21,23,32-35,38-41H,3-10,16,18-20,22,24-31H2,1-2H3,(H,37,42)/b13-11-,14-12+,17-15-,23-21+. The van der Waals surface area contributed by atoms with Gasteiger partial charge < -0.3 is 25.7 Å². The van der Waals surface area contributed by atoms with Gasteiger partial charge in [-0.1, -0.05) is 114 Å². The van der Waals surface area contributed by atoms with Crippen molar-refractivity contribution in [1.29, 1.82) is 0 Å². The number of aliphatic hydroxyl groups excluding tert-OH is 4. The second-order valence-electron chi connectivity index (χ2n) is 11.5. The van der Waals surface area contributed by atoms with Gasteiger partial charge in [0.15, 0.2) is 0 Å². The number of nitrogens with one attached hydrogen (secondary N) is 1. The van der Waals surface area contributed by atoms with Gasteiger partial charge >= 0.3 is 0 Å². The van der Waals surface area contributed by atoms with Crippen LogP contribution in [0.4, 0.5) is 0 Å². The lowest BCUT2D eigenvalue weighted by atomic mass is 10.00. The Kier molecular flexibility index (Phi) is 29.5. The number of amides is 1. The number of unbranched alkanes of at least 4 members (excludes halogenated alkanes) is 13. The monoisotopic (exact) mass is 591 g/mol. The average molecular weight is 592 g/mol. The van der Waals surface area contributed by atoms with Crippen LogP contribution in [0.2, 0.25) is 0 Å². The topological polar surface area (TPSA) is 110 Å². The van der Waals surface area contributed by atoms with E-state index in [4.69, 9.17) is 0 Å². The lowest BCUT2D eigenvalue weighted by molar-refractivity contribution is -0.132. The quantitative estimate of drug-likeness (QED) is 0.0349. The van der Waals surface area contributed by atoms with Crippen molar-refractivity contribution in [2.75, 3.05) is 6.61 Å². The third-order valence-corrected chi connectivity index (χ3v) is 7.52. The molecule has 0 saturated carbocycles. The van der Waals surface area contributed by atoms with Gasteiger partial charge in [0.25, 0.3) is 0 Å². The van der Waals surface area contributed by atoms with E-state index < -0.39 is 36.9 Å². The molecule has 0 aliphatic rings. The summed E-state index contributed by atoms with van der Waals surface area (Å²) in [6.07, 6.45) is 34.1. The molecule has 0 rings (SSSR count). The Bertz CT molecular complexity index is 718. The molecule has 6 nitrogen and oxygen atoms in total. The van der Waals surface area contributed by atoms with E-state index in [0.29, 0.717) is 19.3 Å². The summed E-state index contributed by atoms with van der Waals surface area (Å²) in [5.74, 6) is -0.615. The molecule has 0 radical (unpaired) electrons. The molecule has 0 saturated heterocycles. The molecule has 0 heterocycles. The molecule has 0 aromatic heterocycles. The molecule has 244 valence electrons. The fourth-order valence-electron chi connectivity index (χ4n) is 4.70. The number of rotatable bonds is 29. The first-order valence-corrected chi connectivity index (χ1v) is 17.0. The van der Waals surface area contributed by atoms with Crippen LogP contribution in [-0.4, -0.2) is 57.3 Å². The van der Waals surface area contributed by atoms with Crippen LogP contribution in [0.25, 0.3) is 0 Å².